The van der Waals surface area contributed by atoms with Crippen molar-refractivity contribution in [2.24, 2.45) is 5.92 Å². The molecule has 0 heterocycles. The number of ether oxygens (including phenoxy) is 1. The Morgan fingerprint density at radius 1 is 1.00 bits per heavy atom. The Labute approximate surface area is 189 Å². The summed E-state index contributed by atoms with van der Waals surface area (Å²) in [4.78, 5) is 24.3. The standard InChI is InChI=1S/C23H31N3O5S/c1-5-31-23(28)25-20(14-16(2)3)15-24-22(27)18-8-12-21(13-9-18)32(29,30)26-19-10-6-17(4)7-11-19/h6-13,16,20,26H,5,14-15H2,1-4H3,(H,24,27)(H,25,28). The molecule has 0 radical (unpaired) electrons. The van der Waals surface area contributed by atoms with Crippen molar-refractivity contribution in [1.82, 2.24) is 10.6 Å². The number of anilines is 1. The fraction of sp³-hybridized carbons (Fsp3) is 0.391. The predicted molar refractivity (Wildman–Crippen MR) is 124 cm³/mol. The van der Waals surface area contributed by atoms with E-state index in [9.17, 15) is 18.0 Å². The number of nitrogens with one attached hydrogen (secondary N) is 3. The van der Waals surface area contributed by atoms with Crippen LogP contribution < -0.4 is 15.4 Å². The summed E-state index contributed by atoms with van der Waals surface area (Å²) >= 11 is 0. The van der Waals surface area contributed by atoms with Crippen LogP contribution in [0.2, 0.25) is 0 Å². The molecule has 2 rings (SSSR count). The molecule has 0 saturated heterocycles. The number of carbonyl (C=O) groups is 2. The van der Waals surface area contributed by atoms with Gasteiger partial charge < -0.3 is 15.4 Å². The van der Waals surface area contributed by atoms with Crippen LogP contribution in [-0.2, 0) is 14.8 Å². The molecule has 1 atom stereocenters. The second-order valence-electron chi connectivity index (χ2n) is 7.90. The van der Waals surface area contributed by atoms with Crippen molar-refractivity contribution in [3.8, 4) is 0 Å². The largest absolute Gasteiger partial charge is 0.450 e. The summed E-state index contributed by atoms with van der Waals surface area (Å²) in [6, 6.07) is 12.4. The van der Waals surface area contributed by atoms with Crippen LogP contribution in [0.4, 0.5) is 10.5 Å². The number of sulfonamides is 1. The molecule has 0 fully saturated rings. The average Bonchev–Trinajstić information content (AvgIpc) is 2.73. The van der Waals surface area contributed by atoms with Gasteiger partial charge in [0.25, 0.3) is 15.9 Å². The van der Waals surface area contributed by atoms with Crippen LogP contribution in [0.3, 0.4) is 0 Å². The molecule has 0 aromatic heterocycles. The van der Waals surface area contributed by atoms with Gasteiger partial charge in [-0.1, -0.05) is 31.5 Å². The maximum absolute atomic E-state index is 12.6. The zero-order valence-electron chi connectivity index (χ0n) is 18.8. The molecule has 0 saturated carbocycles. The van der Waals surface area contributed by atoms with E-state index in [4.69, 9.17) is 4.74 Å². The summed E-state index contributed by atoms with van der Waals surface area (Å²) in [5.74, 6) is -0.0517. The van der Waals surface area contributed by atoms with Crippen molar-refractivity contribution in [1.29, 1.82) is 0 Å². The van der Waals surface area contributed by atoms with E-state index in [-0.39, 0.29) is 30.0 Å². The molecule has 8 nitrogen and oxygen atoms in total. The maximum Gasteiger partial charge on any atom is 0.407 e. The Morgan fingerprint density at radius 2 is 1.62 bits per heavy atom. The molecule has 2 aromatic carbocycles. The molecule has 3 N–H and O–H groups in total. The second kappa shape index (κ2) is 11.5. The van der Waals surface area contributed by atoms with Gasteiger partial charge in [-0.3, -0.25) is 9.52 Å². The van der Waals surface area contributed by atoms with Crippen LogP contribution in [0.25, 0.3) is 0 Å². The van der Waals surface area contributed by atoms with E-state index in [1.165, 1.54) is 24.3 Å². The molecule has 0 aliphatic rings. The minimum absolute atomic E-state index is 0.0521. The second-order valence-corrected chi connectivity index (χ2v) is 9.58. The first-order valence-electron chi connectivity index (χ1n) is 10.5. The van der Waals surface area contributed by atoms with E-state index in [1.807, 2.05) is 32.9 Å². The number of hydrogen-bond acceptors (Lipinski definition) is 5. The fourth-order valence-corrected chi connectivity index (χ4v) is 4.10. The monoisotopic (exact) mass is 461 g/mol. The van der Waals surface area contributed by atoms with Crippen LogP contribution in [-0.4, -0.2) is 39.6 Å². The fourth-order valence-electron chi connectivity index (χ4n) is 3.04. The zero-order chi connectivity index (χ0) is 23.7. The van der Waals surface area contributed by atoms with Crippen molar-refractivity contribution in [3.05, 3.63) is 59.7 Å². The van der Waals surface area contributed by atoms with E-state index >= 15 is 0 Å². The van der Waals surface area contributed by atoms with Gasteiger partial charge in [-0.25, -0.2) is 13.2 Å². The van der Waals surface area contributed by atoms with Crippen molar-refractivity contribution < 1.29 is 22.7 Å². The first-order valence-corrected chi connectivity index (χ1v) is 12.0. The lowest BCUT2D eigenvalue weighted by Gasteiger charge is -2.20. The van der Waals surface area contributed by atoms with Crippen LogP contribution in [0, 0.1) is 12.8 Å². The Morgan fingerprint density at radius 3 is 2.19 bits per heavy atom. The van der Waals surface area contributed by atoms with Gasteiger partial charge >= 0.3 is 6.09 Å². The molecule has 9 heteroatoms. The van der Waals surface area contributed by atoms with Crippen molar-refractivity contribution in [2.75, 3.05) is 17.9 Å². The molecule has 1 unspecified atom stereocenters. The summed E-state index contributed by atoms with van der Waals surface area (Å²) in [7, 11) is -3.77. The number of carbonyl (C=O) groups excluding carboxylic acids is 2. The molecule has 0 aliphatic carbocycles. The van der Waals surface area contributed by atoms with Crippen molar-refractivity contribution >= 4 is 27.7 Å². The van der Waals surface area contributed by atoms with E-state index in [0.717, 1.165) is 5.56 Å². The van der Waals surface area contributed by atoms with E-state index in [0.29, 0.717) is 23.6 Å². The lowest BCUT2D eigenvalue weighted by molar-refractivity contribution is 0.0944. The van der Waals surface area contributed by atoms with Gasteiger partial charge in [0.15, 0.2) is 0 Å². The molecule has 0 bridgehead atoms. The molecular formula is C23H31N3O5S. The van der Waals surface area contributed by atoms with Gasteiger partial charge in [0.05, 0.1) is 11.5 Å². The summed E-state index contributed by atoms with van der Waals surface area (Å²) in [5, 5.41) is 5.53. The van der Waals surface area contributed by atoms with Gasteiger partial charge in [0.2, 0.25) is 0 Å². The van der Waals surface area contributed by atoms with E-state index in [2.05, 4.69) is 15.4 Å². The normalized spacial score (nSPS) is 12.2. The molecule has 32 heavy (non-hydrogen) atoms. The first kappa shape index (κ1) is 25.2. The van der Waals surface area contributed by atoms with Crippen molar-refractivity contribution in [2.45, 2.75) is 45.1 Å². The Hall–Kier alpha value is -3.07. The Kier molecular flexibility index (Phi) is 9.07. The third-order valence-electron chi connectivity index (χ3n) is 4.59. The van der Waals surface area contributed by atoms with Gasteiger partial charge in [0.1, 0.15) is 0 Å². The van der Waals surface area contributed by atoms with E-state index in [1.54, 1.807) is 19.1 Å². The number of amides is 2. The highest BCUT2D eigenvalue weighted by molar-refractivity contribution is 7.92. The zero-order valence-corrected chi connectivity index (χ0v) is 19.7. The van der Waals surface area contributed by atoms with Gasteiger partial charge in [0, 0.05) is 23.8 Å². The predicted octanol–water partition coefficient (Wildman–Crippen LogP) is 3.69. The summed E-state index contributed by atoms with van der Waals surface area (Å²) < 4.78 is 32.6. The van der Waals surface area contributed by atoms with Gasteiger partial charge in [-0.05, 0) is 62.6 Å². The van der Waals surface area contributed by atoms with Crippen LogP contribution in [0.15, 0.2) is 53.4 Å². The third kappa shape index (κ3) is 7.88. The highest BCUT2D eigenvalue weighted by atomic mass is 32.2. The molecule has 0 spiro atoms. The highest BCUT2D eigenvalue weighted by Crippen LogP contribution is 2.17. The van der Waals surface area contributed by atoms with Crippen LogP contribution in [0.1, 0.15) is 43.1 Å². The lowest BCUT2D eigenvalue weighted by Crippen LogP contribution is -2.44. The minimum Gasteiger partial charge on any atom is -0.450 e. The van der Waals surface area contributed by atoms with Crippen LogP contribution >= 0.6 is 0 Å². The van der Waals surface area contributed by atoms with Crippen molar-refractivity contribution in [3.63, 3.8) is 0 Å². The highest BCUT2D eigenvalue weighted by Gasteiger charge is 2.18. The van der Waals surface area contributed by atoms with Gasteiger partial charge in [-0.15, -0.1) is 0 Å². The average molecular weight is 462 g/mol. The maximum atomic E-state index is 12.6. The number of hydrogen-bond donors (Lipinski definition) is 3. The number of rotatable bonds is 10. The van der Waals surface area contributed by atoms with Crippen LogP contribution in [0.5, 0.6) is 0 Å². The number of alkyl carbamates (subject to hydrolysis) is 1. The summed E-state index contributed by atoms with van der Waals surface area (Å²) in [5.41, 5.74) is 1.80. The smallest absolute Gasteiger partial charge is 0.407 e. The third-order valence-corrected chi connectivity index (χ3v) is 5.99. The van der Waals surface area contributed by atoms with E-state index < -0.39 is 16.1 Å². The molecule has 2 amide bonds. The summed E-state index contributed by atoms with van der Waals surface area (Å²) in [6.45, 7) is 8.17. The molecule has 0 aliphatic heterocycles. The number of benzene rings is 2. The Balaban J connectivity index is 2.00. The molecule has 2 aromatic rings. The first-order chi connectivity index (χ1) is 15.1. The number of aryl methyl sites for hydroxylation is 1. The lowest BCUT2D eigenvalue weighted by atomic mass is 10.0. The Bertz CT molecular complexity index is 1000. The van der Waals surface area contributed by atoms with Gasteiger partial charge in [-0.2, -0.15) is 0 Å². The molecule has 174 valence electrons. The summed E-state index contributed by atoms with van der Waals surface area (Å²) in [6.07, 6.45) is 0.143. The SMILES string of the molecule is CCOC(=O)NC(CNC(=O)c1ccc(S(=O)(=O)Nc2ccc(C)cc2)cc1)CC(C)C. The molecular weight excluding hydrogens is 430 g/mol. The quantitative estimate of drug-likeness (QED) is 0.499. The topological polar surface area (TPSA) is 114 Å². The minimum atomic E-state index is -3.77.